The van der Waals surface area contributed by atoms with Gasteiger partial charge in [0.2, 0.25) is 0 Å². The molecule has 3 heteroatoms. The molecule has 0 amide bonds. The molecule has 0 atom stereocenters. The van der Waals surface area contributed by atoms with Crippen LogP contribution in [0.2, 0.25) is 0 Å². The van der Waals surface area contributed by atoms with Crippen molar-refractivity contribution < 1.29 is 0 Å². The number of hydrogen-bond donors (Lipinski definition) is 1. The third-order valence-electron chi connectivity index (χ3n) is 3.58. The largest absolute Gasteiger partial charge is 0.397 e. The van der Waals surface area contributed by atoms with Crippen molar-refractivity contribution in [3.8, 4) is 0 Å². The van der Waals surface area contributed by atoms with E-state index >= 15 is 0 Å². The van der Waals surface area contributed by atoms with Crippen LogP contribution in [0, 0.1) is 13.8 Å². The first kappa shape index (κ1) is 14.1. The van der Waals surface area contributed by atoms with Gasteiger partial charge in [0.1, 0.15) is 5.82 Å². The van der Waals surface area contributed by atoms with Crippen molar-refractivity contribution in [2.75, 3.05) is 10.6 Å². The minimum atomic E-state index is 0.663. The summed E-state index contributed by atoms with van der Waals surface area (Å²) in [5.41, 5.74) is 11.0. The van der Waals surface area contributed by atoms with Crippen LogP contribution in [0.3, 0.4) is 0 Å². The molecule has 0 aliphatic rings. The third-order valence-corrected chi connectivity index (χ3v) is 3.58. The molecule has 0 saturated heterocycles. The van der Waals surface area contributed by atoms with Gasteiger partial charge in [-0.25, -0.2) is 4.98 Å². The molecular formula is C19H19N3. The molecule has 3 rings (SSSR count). The summed E-state index contributed by atoms with van der Waals surface area (Å²) in [6.07, 6.45) is 1.69. The molecule has 0 spiro atoms. The fraction of sp³-hybridized carbons (Fsp3) is 0.105. The van der Waals surface area contributed by atoms with Crippen molar-refractivity contribution in [3.63, 3.8) is 0 Å². The fourth-order valence-corrected chi connectivity index (χ4v) is 2.33. The Hall–Kier alpha value is -2.81. The molecule has 0 aliphatic heterocycles. The van der Waals surface area contributed by atoms with Crippen molar-refractivity contribution in [2.24, 2.45) is 0 Å². The highest BCUT2D eigenvalue weighted by Crippen LogP contribution is 2.33. The van der Waals surface area contributed by atoms with Crippen molar-refractivity contribution in [1.29, 1.82) is 0 Å². The Labute approximate surface area is 131 Å². The maximum atomic E-state index is 5.76. The van der Waals surface area contributed by atoms with Gasteiger partial charge in [0, 0.05) is 11.4 Å². The second kappa shape index (κ2) is 5.90. The maximum Gasteiger partial charge on any atom is 0.137 e. The minimum absolute atomic E-state index is 0.663. The molecule has 3 aromatic rings. The lowest BCUT2D eigenvalue weighted by Crippen LogP contribution is -2.11. The van der Waals surface area contributed by atoms with Gasteiger partial charge < -0.3 is 5.73 Å². The van der Waals surface area contributed by atoms with Crippen LogP contribution in [-0.2, 0) is 0 Å². The number of nitrogens with zero attached hydrogens (tertiary/aromatic N) is 2. The smallest absolute Gasteiger partial charge is 0.137 e. The molecule has 0 saturated carbocycles. The molecule has 22 heavy (non-hydrogen) atoms. The number of benzene rings is 2. The number of pyridine rings is 1. The normalized spacial score (nSPS) is 10.5. The Morgan fingerprint density at radius 1 is 0.727 bits per heavy atom. The maximum absolute atomic E-state index is 5.76. The van der Waals surface area contributed by atoms with Gasteiger partial charge in [-0.3, -0.25) is 4.90 Å². The molecule has 0 bridgehead atoms. The molecule has 3 nitrogen and oxygen atoms in total. The SMILES string of the molecule is Cc1ccc(N(c2ccc(C)cc2)c2ccc(N)cn2)cc1. The predicted molar refractivity (Wildman–Crippen MR) is 92.8 cm³/mol. The van der Waals surface area contributed by atoms with Crippen LogP contribution >= 0.6 is 0 Å². The fourth-order valence-electron chi connectivity index (χ4n) is 2.33. The van der Waals surface area contributed by atoms with E-state index in [9.17, 15) is 0 Å². The number of aryl methyl sites for hydroxylation is 2. The number of hydrogen-bond acceptors (Lipinski definition) is 3. The van der Waals surface area contributed by atoms with E-state index in [0.29, 0.717) is 5.69 Å². The molecule has 0 radical (unpaired) electrons. The lowest BCUT2D eigenvalue weighted by molar-refractivity contribution is 1.18. The molecule has 1 aromatic heterocycles. The summed E-state index contributed by atoms with van der Waals surface area (Å²) in [6, 6.07) is 20.6. The summed E-state index contributed by atoms with van der Waals surface area (Å²) >= 11 is 0. The second-order valence-corrected chi connectivity index (χ2v) is 5.46. The Bertz CT molecular complexity index is 636. The Morgan fingerprint density at radius 3 is 1.64 bits per heavy atom. The quantitative estimate of drug-likeness (QED) is 0.756. The molecule has 2 aromatic carbocycles. The van der Waals surface area contributed by atoms with E-state index < -0.39 is 0 Å². The number of rotatable bonds is 3. The standard InChI is InChI=1S/C19H19N3/c1-14-3-8-17(9-4-14)22(18-10-5-15(2)6-11-18)19-12-7-16(20)13-21-19/h3-13H,20H2,1-2H3. The zero-order chi connectivity index (χ0) is 15.5. The van der Waals surface area contributed by atoms with Gasteiger partial charge in [0.25, 0.3) is 0 Å². The zero-order valence-electron chi connectivity index (χ0n) is 12.8. The van der Waals surface area contributed by atoms with E-state index in [0.717, 1.165) is 17.2 Å². The lowest BCUT2D eigenvalue weighted by atomic mass is 10.1. The van der Waals surface area contributed by atoms with E-state index in [4.69, 9.17) is 5.73 Å². The van der Waals surface area contributed by atoms with Crippen molar-refractivity contribution in [2.45, 2.75) is 13.8 Å². The predicted octanol–water partition coefficient (Wildman–Crippen LogP) is 4.75. The average Bonchev–Trinajstić information content (AvgIpc) is 2.53. The second-order valence-electron chi connectivity index (χ2n) is 5.46. The van der Waals surface area contributed by atoms with E-state index in [1.54, 1.807) is 6.20 Å². The van der Waals surface area contributed by atoms with Crippen molar-refractivity contribution in [3.05, 3.63) is 78.0 Å². The van der Waals surface area contributed by atoms with Crippen LogP contribution in [0.25, 0.3) is 0 Å². The van der Waals surface area contributed by atoms with Gasteiger partial charge in [-0.1, -0.05) is 35.4 Å². The molecule has 2 N–H and O–H groups in total. The van der Waals surface area contributed by atoms with E-state index in [1.165, 1.54) is 11.1 Å². The van der Waals surface area contributed by atoms with Crippen LogP contribution in [0.1, 0.15) is 11.1 Å². The topological polar surface area (TPSA) is 42.1 Å². The summed E-state index contributed by atoms with van der Waals surface area (Å²) in [5.74, 6) is 0.849. The third kappa shape index (κ3) is 2.93. The number of anilines is 4. The first-order chi connectivity index (χ1) is 10.6. The first-order valence-corrected chi connectivity index (χ1v) is 7.28. The van der Waals surface area contributed by atoms with Gasteiger partial charge in [0.05, 0.1) is 11.9 Å². The van der Waals surface area contributed by atoms with E-state index in [1.807, 2.05) is 12.1 Å². The monoisotopic (exact) mass is 289 g/mol. The zero-order valence-corrected chi connectivity index (χ0v) is 12.8. The minimum Gasteiger partial charge on any atom is -0.397 e. The number of aromatic nitrogens is 1. The highest BCUT2D eigenvalue weighted by atomic mass is 15.2. The molecule has 0 fully saturated rings. The Balaban J connectivity index is 2.10. The first-order valence-electron chi connectivity index (χ1n) is 7.28. The molecule has 1 heterocycles. The average molecular weight is 289 g/mol. The van der Waals surface area contributed by atoms with E-state index in [-0.39, 0.29) is 0 Å². The lowest BCUT2D eigenvalue weighted by Gasteiger charge is -2.24. The molecule has 0 aliphatic carbocycles. The Kier molecular flexibility index (Phi) is 3.79. The van der Waals surface area contributed by atoms with Crippen LogP contribution in [0.5, 0.6) is 0 Å². The highest BCUT2D eigenvalue weighted by molar-refractivity contribution is 5.74. The Morgan fingerprint density at radius 2 is 1.23 bits per heavy atom. The van der Waals surface area contributed by atoms with Gasteiger partial charge in [-0.2, -0.15) is 0 Å². The van der Waals surface area contributed by atoms with Crippen molar-refractivity contribution in [1.82, 2.24) is 4.98 Å². The number of nitrogen functional groups attached to an aromatic ring is 1. The molecule has 110 valence electrons. The molecule has 0 unspecified atom stereocenters. The summed E-state index contributed by atoms with van der Waals surface area (Å²) in [6.45, 7) is 4.17. The van der Waals surface area contributed by atoms with E-state index in [2.05, 4.69) is 72.3 Å². The number of nitrogens with two attached hydrogens (primary N) is 1. The van der Waals surface area contributed by atoms with Crippen LogP contribution in [-0.4, -0.2) is 4.98 Å². The summed E-state index contributed by atoms with van der Waals surface area (Å²) in [7, 11) is 0. The van der Waals surface area contributed by atoms with Gasteiger partial charge in [-0.15, -0.1) is 0 Å². The van der Waals surface area contributed by atoms with Crippen LogP contribution < -0.4 is 10.6 Å². The van der Waals surface area contributed by atoms with Crippen LogP contribution in [0.15, 0.2) is 66.9 Å². The summed E-state index contributed by atoms with van der Waals surface area (Å²) in [4.78, 5) is 6.60. The van der Waals surface area contributed by atoms with Crippen molar-refractivity contribution >= 4 is 22.9 Å². The summed E-state index contributed by atoms with van der Waals surface area (Å²) < 4.78 is 0. The molecular weight excluding hydrogens is 270 g/mol. The van der Waals surface area contributed by atoms with Gasteiger partial charge in [-0.05, 0) is 50.2 Å². The summed E-state index contributed by atoms with van der Waals surface area (Å²) in [5, 5.41) is 0. The van der Waals surface area contributed by atoms with Crippen LogP contribution in [0.4, 0.5) is 22.9 Å². The highest BCUT2D eigenvalue weighted by Gasteiger charge is 2.13. The van der Waals surface area contributed by atoms with Gasteiger partial charge in [0.15, 0.2) is 0 Å². The van der Waals surface area contributed by atoms with Gasteiger partial charge >= 0.3 is 0 Å².